The molecule has 0 spiro atoms. The van der Waals surface area contributed by atoms with Gasteiger partial charge in [0.25, 0.3) is 5.91 Å². The first kappa shape index (κ1) is 16.8. The Balaban J connectivity index is 1.42. The van der Waals surface area contributed by atoms with Crippen LogP contribution in [-0.2, 0) is 0 Å². The monoisotopic (exact) mass is 368 g/mol. The number of nitrogens with zero attached hydrogens (tertiary/aromatic N) is 6. The molecule has 1 aromatic carbocycles. The molecular weight excluding hydrogens is 348 g/mol. The molecule has 0 bridgehead atoms. The van der Waals surface area contributed by atoms with Crippen LogP contribution in [0, 0.1) is 6.92 Å². The molecule has 4 rings (SSSR count). The summed E-state index contributed by atoms with van der Waals surface area (Å²) >= 11 is 1.17. The Labute approximate surface area is 156 Å². The summed E-state index contributed by atoms with van der Waals surface area (Å²) in [5, 5.41) is 0. The molecule has 3 heterocycles. The minimum absolute atomic E-state index is 0.0684. The maximum absolute atomic E-state index is 12.8. The molecule has 1 aliphatic rings. The van der Waals surface area contributed by atoms with Crippen LogP contribution in [0.25, 0.3) is 11.0 Å². The molecule has 0 saturated carbocycles. The Hall–Kier alpha value is -2.61. The molecule has 8 heteroatoms. The van der Waals surface area contributed by atoms with Crippen LogP contribution in [0.4, 0.5) is 5.82 Å². The maximum atomic E-state index is 12.8. The molecule has 26 heavy (non-hydrogen) atoms. The highest BCUT2D eigenvalue weighted by atomic mass is 32.1. The molecule has 1 fully saturated rings. The SMILES string of the molecule is Cc1cc(N(C)C2CCN(C(=O)c3ccc4nsnc4c3)CC2)ncn1. The Morgan fingerprint density at radius 3 is 2.69 bits per heavy atom. The van der Waals surface area contributed by atoms with Crippen molar-refractivity contribution in [3.8, 4) is 0 Å². The number of anilines is 1. The van der Waals surface area contributed by atoms with Gasteiger partial charge in [0.1, 0.15) is 23.2 Å². The summed E-state index contributed by atoms with van der Waals surface area (Å²) in [5.41, 5.74) is 3.27. The van der Waals surface area contributed by atoms with Gasteiger partial charge >= 0.3 is 0 Å². The van der Waals surface area contributed by atoms with Crippen LogP contribution in [-0.4, -0.2) is 55.7 Å². The van der Waals surface area contributed by atoms with Crippen LogP contribution >= 0.6 is 11.7 Å². The lowest BCUT2D eigenvalue weighted by atomic mass is 10.0. The van der Waals surface area contributed by atoms with E-state index >= 15 is 0 Å². The number of fused-ring (bicyclic) bond motifs is 1. The highest BCUT2D eigenvalue weighted by Gasteiger charge is 2.26. The minimum Gasteiger partial charge on any atom is -0.356 e. The largest absolute Gasteiger partial charge is 0.356 e. The van der Waals surface area contributed by atoms with Gasteiger partial charge in [-0.2, -0.15) is 8.75 Å². The third kappa shape index (κ3) is 3.24. The number of amides is 1. The summed E-state index contributed by atoms with van der Waals surface area (Å²) in [6.45, 7) is 3.45. The van der Waals surface area contributed by atoms with Crippen molar-refractivity contribution >= 4 is 34.5 Å². The highest BCUT2D eigenvalue weighted by molar-refractivity contribution is 7.00. The van der Waals surface area contributed by atoms with Crippen molar-refractivity contribution in [3.63, 3.8) is 0 Å². The van der Waals surface area contributed by atoms with Crippen LogP contribution in [0.3, 0.4) is 0 Å². The molecule has 2 aromatic heterocycles. The van der Waals surface area contributed by atoms with Gasteiger partial charge in [0, 0.05) is 43.5 Å². The van der Waals surface area contributed by atoms with Gasteiger partial charge in [0.2, 0.25) is 0 Å². The molecule has 0 unspecified atom stereocenters. The zero-order chi connectivity index (χ0) is 18.1. The van der Waals surface area contributed by atoms with Gasteiger partial charge in [-0.15, -0.1) is 0 Å². The fraction of sp³-hybridized carbons (Fsp3) is 0.389. The summed E-state index contributed by atoms with van der Waals surface area (Å²) in [5.74, 6) is 1.00. The summed E-state index contributed by atoms with van der Waals surface area (Å²) in [7, 11) is 2.06. The second-order valence-electron chi connectivity index (χ2n) is 6.62. The van der Waals surface area contributed by atoms with Gasteiger partial charge in [0.05, 0.1) is 11.7 Å². The number of hydrogen-bond donors (Lipinski definition) is 0. The lowest BCUT2D eigenvalue weighted by Crippen LogP contribution is -2.45. The van der Waals surface area contributed by atoms with Crippen LogP contribution in [0.2, 0.25) is 0 Å². The average molecular weight is 368 g/mol. The first-order chi connectivity index (χ1) is 12.6. The third-order valence-electron chi connectivity index (χ3n) is 4.95. The molecule has 1 amide bonds. The van der Waals surface area contributed by atoms with E-state index in [0.29, 0.717) is 11.6 Å². The van der Waals surface area contributed by atoms with E-state index in [1.54, 1.807) is 6.33 Å². The molecule has 1 aliphatic heterocycles. The summed E-state index contributed by atoms with van der Waals surface area (Å²) in [4.78, 5) is 25.4. The average Bonchev–Trinajstić information content (AvgIpc) is 3.15. The first-order valence-corrected chi connectivity index (χ1v) is 9.38. The molecule has 1 saturated heterocycles. The zero-order valence-electron chi connectivity index (χ0n) is 14.8. The number of aryl methyl sites for hydroxylation is 1. The van der Waals surface area contributed by atoms with E-state index in [1.807, 2.05) is 36.1 Å². The van der Waals surface area contributed by atoms with Gasteiger partial charge in [-0.05, 0) is 38.0 Å². The summed E-state index contributed by atoms with van der Waals surface area (Å²) in [6.07, 6.45) is 3.45. The smallest absolute Gasteiger partial charge is 0.253 e. The maximum Gasteiger partial charge on any atom is 0.253 e. The lowest BCUT2D eigenvalue weighted by Gasteiger charge is -2.37. The number of benzene rings is 1. The summed E-state index contributed by atoms with van der Waals surface area (Å²) in [6, 6.07) is 7.91. The quantitative estimate of drug-likeness (QED) is 0.707. The number of carbonyl (C=O) groups excluding carboxylic acids is 1. The Kier molecular flexibility index (Phi) is 4.50. The van der Waals surface area contributed by atoms with E-state index in [4.69, 9.17) is 0 Å². The van der Waals surface area contributed by atoms with Crippen molar-refractivity contribution in [3.05, 3.63) is 41.9 Å². The summed E-state index contributed by atoms with van der Waals surface area (Å²) < 4.78 is 8.41. The Morgan fingerprint density at radius 1 is 1.15 bits per heavy atom. The lowest BCUT2D eigenvalue weighted by molar-refractivity contribution is 0.0713. The highest BCUT2D eigenvalue weighted by Crippen LogP contribution is 2.22. The van der Waals surface area contributed by atoms with Crippen molar-refractivity contribution < 1.29 is 4.79 Å². The second kappa shape index (κ2) is 6.95. The van der Waals surface area contributed by atoms with E-state index in [9.17, 15) is 4.79 Å². The van der Waals surface area contributed by atoms with Crippen molar-refractivity contribution in [2.45, 2.75) is 25.8 Å². The molecule has 0 aliphatic carbocycles. The predicted octanol–water partition coefficient (Wildman–Crippen LogP) is 2.53. The van der Waals surface area contributed by atoms with Crippen molar-refractivity contribution in [1.29, 1.82) is 0 Å². The number of piperidine rings is 1. The zero-order valence-corrected chi connectivity index (χ0v) is 15.6. The Morgan fingerprint density at radius 2 is 1.92 bits per heavy atom. The molecular formula is C18H20N6OS. The molecule has 0 N–H and O–H groups in total. The van der Waals surface area contributed by atoms with Gasteiger partial charge < -0.3 is 9.80 Å². The van der Waals surface area contributed by atoms with E-state index < -0.39 is 0 Å². The normalized spacial score (nSPS) is 15.4. The van der Waals surface area contributed by atoms with Gasteiger partial charge in [-0.1, -0.05) is 0 Å². The number of likely N-dealkylation sites (tertiary alicyclic amines) is 1. The standard InChI is InChI=1S/C18H20N6OS/c1-12-9-17(20-11-19-12)23(2)14-5-7-24(8-6-14)18(25)13-3-4-15-16(10-13)22-26-21-15/h3-4,9-11,14H,5-8H2,1-2H3. The number of aromatic nitrogens is 4. The van der Waals surface area contributed by atoms with Crippen LogP contribution in [0.1, 0.15) is 28.9 Å². The first-order valence-electron chi connectivity index (χ1n) is 8.65. The van der Waals surface area contributed by atoms with E-state index in [-0.39, 0.29) is 5.91 Å². The van der Waals surface area contributed by atoms with Gasteiger partial charge in [-0.3, -0.25) is 4.79 Å². The molecule has 3 aromatic rings. The van der Waals surface area contributed by atoms with Gasteiger partial charge in [0.15, 0.2) is 0 Å². The number of rotatable bonds is 3. The van der Waals surface area contributed by atoms with E-state index in [0.717, 1.165) is 48.5 Å². The van der Waals surface area contributed by atoms with Crippen LogP contribution in [0.15, 0.2) is 30.6 Å². The van der Waals surface area contributed by atoms with E-state index in [2.05, 4.69) is 30.7 Å². The van der Waals surface area contributed by atoms with Crippen LogP contribution < -0.4 is 4.90 Å². The minimum atomic E-state index is 0.0684. The van der Waals surface area contributed by atoms with E-state index in [1.165, 1.54) is 11.7 Å². The Bertz CT molecular complexity index is 934. The van der Waals surface area contributed by atoms with Crippen molar-refractivity contribution in [2.75, 3.05) is 25.0 Å². The molecule has 134 valence electrons. The molecule has 0 radical (unpaired) electrons. The predicted molar refractivity (Wildman–Crippen MR) is 102 cm³/mol. The van der Waals surface area contributed by atoms with Crippen molar-refractivity contribution in [2.24, 2.45) is 0 Å². The fourth-order valence-electron chi connectivity index (χ4n) is 3.37. The number of carbonyl (C=O) groups is 1. The second-order valence-corrected chi connectivity index (χ2v) is 7.15. The van der Waals surface area contributed by atoms with Crippen molar-refractivity contribution in [1.82, 2.24) is 23.6 Å². The molecule has 0 atom stereocenters. The molecule has 7 nitrogen and oxygen atoms in total. The number of hydrogen-bond acceptors (Lipinski definition) is 7. The van der Waals surface area contributed by atoms with Gasteiger partial charge in [-0.25, -0.2) is 9.97 Å². The van der Waals surface area contributed by atoms with Crippen LogP contribution in [0.5, 0.6) is 0 Å². The topological polar surface area (TPSA) is 75.1 Å². The third-order valence-corrected chi connectivity index (χ3v) is 5.51. The fourth-order valence-corrected chi connectivity index (χ4v) is 3.89.